The van der Waals surface area contributed by atoms with Gasteiger partial charge in [-0.2, -0.15) is 0 Å². The Morgan fingerprint density at radius 1 is 1.24 bits per heavy atom. The number of ether oxygens (including phenoxy) is 1. The summed E-state index contributed by atoms with van der Waals surface area (Å²) in [5.74, 6) is -1.32. The van der Waals surface area contributed by atoms with E-state index in [2.05, 4.69) is 10.1 Å². The molecule has 2 aromatic rings. The van der Waals surface area contributed by atoms with Gasteiger partial charge in [-0.25, -0.2) is 9.18 Å². The molecular weight excluding hydrogens is 316 g/mol. The molecular formula is C15H12Cl2FNO2. The van der Waals surface area contributed by atoms with Gasteiger partial charge in [0.25, 0.3) is 0 Å². The first kappa shape index (κ1) is 15.6. The lowest BCUT2D eigenvalue weighted by molar-refractivity contribution is 0.0595. The number of carbonyl (C=O) groups is 1. The van der Waals surface area contributed by atoms with Gasteiger partial charge in [0.15, 0.2) is 0 Å². The summed E-state index contributed by atoms with van der Waals surface area (Å²) < 4.78 is 18.3. The number of nitrogens with one attached hydrogen (secondary N) is 1. The van der Waals surface area contributed by atoms with Crippen LogP contribution in [-0.4, -0.2) is 13.1 Å². The minimum atomic E-state index is -0.701. The standard InChI is InChI=1S/C15H12Cl2FNO2/c1-21-15(20)11-4-2-9(6-13(11)18)8-19-14-5-3-10(16)7-12(14)17/h2-7,19H,8H2,1H3. The normalized spacial score (nSPS) is 10.3. The molecule has 0 unspecified atom stereocenters. The van der Waals surface area contributed by atoms with Crippen LogP contribution >= 0.6 is 23.2 Å². The summed E-state index contributed by atoms with van der Waals surface area (Å²) in [6.07, 6.45) is 0. The molecule has 0 saturated carbocycles. The van der Waals surface area contributed by atoms with Crippen molar-refractivity contribution in [3.05, 3.63) is 63.4 Å². The number of hydrogen-bond donors (Lipinski definition) is 1. The van der Waals surface area contributed by atoms with Crippen molar-refractivity contribution in [1.29, 1.82) is 0 Å². The van der Waals surface area contributed by atoms with Crippen molar-refractivity contribution in [3.8, 4) is 0 Å². The SMILES string of the molecule is COC(=O)c1ccc(CNc2ccc(Cl)cc2Cl)cc1F. The summed E-state index contributed by atoms with van der Waals surface area (Å²) in [7, 11) is 1.21. The molecule has 1 N–H and O–H groups in total. The Balaban J connectivity index is 2.10. The molecule has 6 heteroatoms. The molecule has 0 aliphatic rings. The van der Waals surface area contributed by atoms with Crippen LogP contribution in [0.1, 0.15) is 15.9 Å². The van der Waals surface area contributed by atoms with Gasteiger partial charge in [0.05, 0.1) is 23.4 Å². The van der Waals surface area contributed by atoms with Gasteiger partial charge in [-0.05, 0) is 35.9 Å². The fourth-order valence-electron chi connectivity index (χ4n) is 1.77. The maximum absolute atomic E-state index is 13.8. The van der Waals surface area contributed by atoms with E-state index < -0.39 is 11.8 Å². The molecule has 3 nitrogen and oxygen atoms in total. The van der Waals surface area contributed by atoms with Crippen molar-refractivity contribution in [2.75, 3.05) is 12.4 Å². The Morgan fingerprint density at radius 3 is 2.62 bits per heavy atom. The van der Waals surface area contributed by atoms with Crippen molar-refractivity contribution >= 4 is 34.9 Å². The van der Waals surface area contributed by atoms with Crippen molar-refractivity contribution in [2.45, 2.75) is 6.54 Å². The second-order valence-corrected chi connectivity index (χ2v) is 5.13. The average molecular weight is 328 g/mol. The molecule has 110 valence electrons. The zero-order chi connectivity index (χ0) is 15.4. The smallest absolute Gasteiger partial charge is 0.340 e. The fourth-order valence-corrected chi connectivity index (χ4v) is 2.25. The molecule has 2 rings (SSSR count). The van der Waals surface area contributed by atoms with Crippen LogP contribution in [0.3, 0.4) is 0 Å². The summed E-state index contributed by atoms with van der Waals surface area (Å²) in [4.78, 5) is 11.3. The number of methoxy groups -OCH3 is 1. The third-order valence-corrected chi connectivity index (χ3v) is 3.40. The van der Waals surface area contributed by atoms with E-state index in [1.54, 1.807) is 24.3 Å². The van der Waals surface area contributed by atoms with Crippen molar-refractivity contribution in [3.63, 3.8) is 0 Å². The van der Waals surface area contributed by atoms with E-state index in [9.17, 15) is 9.18 Å². The third kappa shape index (κ3) is 3.86. The van der Waals surface area contributed by atoms with E-state index in [-0.39, 0.29) is 5.56 Å². The Kier molecular flexibility index (Phi) is 5.04. The molecule has 0 spiro atoms. The number of benzene rings is 2. The van der Waals surface area contributed by atoms with E-state index in [0.717, 1.165) is 0 Å². The lowest BCUT2D eigenvalue weighted by Gasteiger charge is -2.09. The van der Waals surface area contributed by atoms with E-state index in [1.165, 1.54) is 19.2 Å². The van der Waals surface area contributed by atoms with Crippen molar-refractivity contribution in [1.82, 2.24) is 0 Å². The topological polar surface area (TPSA) is 38.3 Å². The van der Waals surface area contributed by atoms with Crippen LogP contribution in [0.25, 0.3) is 0 Å². The Morgan fingerprint density at radius 2 is 2.00 bits per heavy atom. The predicted molar refractivity (Wildman–Crippen MR) is 81.5 cm³/mol. The van der Waals surface area contributed by atoms with E-state index >= 15 is 0 Å². The fraction of sp³-hybridized carbons (Fsp3) is 0.133. The van der Waals surface area contributed by atoms with Crippen LogP contribution in [0.4, 0.5) is 10.1 Å². The summed E-state index contributed by atoms with van der Waals surface area (Å²) in [5.41, 5.74) is 1.27. The molecule has 0 aliphatic heterocycles. The highest BCUT2D eigenvalue weighted by Crippen LogP contribution is 2.26. The zero-order valence-electron chi connectivity index (χ0n) is 11.1. The highest BCUT2D eigenvalue weighted by Gasteiger charge is 2.12. The predicted octanol–water partition coefficient (Wildman–Crippen LogP) is 4.53. The van der Waals surface area contributed by atoms with Gasteiger partial charge in [0.1, 0.15) is 5.82 Å². The van der Waals surface area contributed by atoms with Gasteiger partial charge in [-0.3, -0.25) is 0 Å². The van der Waals surface area contributed by atoms with Crippen LogP contribution in [0.2, 0.25) is 10.0 Å². The third-order valence-electron chi connectivity index (χ3n) is 2.85. The molecule has 0 bridgehead atoms. The second-order valence-electron chi connectivity index (χ2n) is 4.28. The van der Waals surface area contributed by atoms with Crippen LogP contribution in [0.5, 0.6) is 0 Å². The highest BCUT2D eigenvalue weighted by atomic mass is 35.5. The lowest BCUT2D eigenvalue weighted by atomic mass is 10.1. The summed E-state index contributed by atoms with van der Waals surface area (Å²) in [6.45, 7) is 0.361. The molecule has 0 heterocycles. The van der Waals surface area contributed by atoms with Gasteiger partial charge in [0.2, 0.25) is 0 Å². The summed E-state index contributed by atoms with van der Waals surface area (Å²) >= 11 is 11.8. The van der Waals surface area contributed by atoms with Crippen LogP contribution in [-0.2, 0) is 11.3 Å². The number of anilines is 1. The van der Waals surface area contributed by atoms with Gasteiger partial charge >= 0.3 is 5.97 Å². The maximum atomic E-state index is 13.8. The second kappa shape index (κ2) is 6.78. The van der Waals surface area contributed by atoms with E-state index in [1.807, 2.05) is 0 Å². The van der Waals surface area contributed by atoms with Gasteiger partial charge < -0.3 is 10.1 Å². The Labute approximate surface area is 131 Å². The van der Waals surface area contributed by atoms with Crippen LogP contribution in [0.15, 0.2) is 36.4 Å². The van der Waals surface area contributed by atoms with Gasteiger partial charge in [0, 0.05) is 11.6 Å². The minimum Gasteiger partial charge on any atom is -0.465 e. The zero-order valence-corrected chi connectivity index (χ0v) is 12.6. The number of carbonyl (C=O) groups excluding carboxylic acids is 1. The number of hydrogen-bond acceptors (Lipinski definition) is 3. The number of esters is 1. The Hall–Kier alpha value is -1.78. The first-order chi connectivity index (χ1) is 10.0. The van der Waals surface area contributed by atoms with E-state index in [0.29, 0.717) is 27.8 Å². The molecule has 0 amide bonds. The number of halogens is 3. The minimum absolute atomic E-state index is 0.0919. The van der Waals surface area contributed by atoms with Crippen molar-refractivity contribution < 1.29 is 13.9 Å². The molecule has 2 aromatic carbocycles. The molecule has 0 aromatic heterocycles. The molecule has 0 saturated heterocycles. The average Bonchev–Trinajstić information content (AvgIpc) is 2.45. The lowest BCUT2D eigenvalue weighted by Crippen LogP contribution is -2.06. The number of rotatable bonds is 4. The molecule has 0 radical (unpaired) electrons. The molecule has 0 fully saturated rings. The molecule has 0 aliphatic carbocycles. The monoisotopic (exact) mass is 327 g/mol. The first-order valence-electron chi connectivity index (χ1n) is 6.07. The first-order valence-corrected chi connectivity index (χ1v) is 6.82. The highest BCUT2D eigenvalue weighted by molar-refractivity contribution is 6.36. The summed E-state index contributed by atoms with van der Waals surface area (Å²) in [5, 5.41) is 4.09. The van der Waals surface area contributed by atoms with Gasteiger partial charge in [-0.15, -0.1) is 0 Å². The summed E-state index contributed by atoms with van der Waals surface area (Å²) in [6, 6.07) is 9.38. The Bertz CT molecular complexity index is 677. The van der Waals surface area contributed by atoms with Crippen molar-refractivity contribution in [2.24, 2.45) is 0 Å². The maximum Gasteiger partial charge on any atom is 0.340 e. The van der Waals surface area contributed by atoms with Gasteiger partial charge in [-0.1, -0.05) is 29.3 Å². The van der Waals surface area contributed by atoms with E-state index in [4.69, 9.17) is 23.2 Å². The van der Waals surface area contributed by atoms with Crippen LogP contribution < -0.4 is 5.32 Å². The largest absolute Gasteiger partial charge is 0.465 e. The van der Waals surface area contributed by atoms with Crippen LogP contribution in [0, 0.1) is 5.82 Å². The molecule has 0 atom stereocenters. The molecule has 21 heavy (non-hydrogen) atoms. The quantitative estimate of drug-likeness (QED) is 0.838.